The van der Waals surface area contributed by atoms with Crippen molar-refractivity contribution in [3.8, 4) is 0 Å². The van der Waals surface area contributed by atoms with Gasteiger partial charge in [0.15, 0.2) is 0 Å². The van der Waals surface area contributed by atoms with Crippen molar-refractivity contribution in [1.82, 2.24) is 4.90 Å². The van der Waals surface area contributed by atoms with E-state index in [1.165, 1.54) is 0 Å². The molecule has 0 aromatic carbocycles. The molecule has 0 fully saturated rings. The van der Waals surface area contributed by atoms with Gasteiger partial charge in [-0.1, -0.05) is 25.7 Å². The van der Waals surface area contributed by atoms with Crippen molar-refractivity contribution < 1.29 is 4.79 Å². The van der Waals surface area contributed by atoms with Crippen LogP contribution in [-0.4, -0.2) is 24.8 Å². The van der Waals surface area contributed by atoms with Crippen molar-refractivity contribution in [1.29, 1.82) is 0 Å². The molecule has 0 aliphatic heterocycles. The van der Waals surface area contributed by atoms with Gasteiger partial charge in [-0.15, -0.1) is 0 Å². The first kappa shape index (κ1) is 13.7. The number of carbonyl (C=O) groups excluding carboxylic acids is 1. The molecule has 0 aliphatic carbocycles. The van der Waals surface area contributed by atoms with Crippen LogP contribution in [0.5, 0.6) is 0 Å². The van der Waals surface area contributed by atoms with Crippen LogP contribution in [0.1, 0.15) is 20.3 Å². The summed E-state index contributed by atoms with van der Waals surface area (Å²) in [4.78, 5) is 12.6. The van der Waals surface area contributed by atoms with Gasteiger partial charge >= 0.3 is 0 Å². The number of hydrogen-bond acceptors (Lipinski definition) is 2. The normalized spacial score (nSPS) is 13.9. The zero-order valence-corrected chi connectivity index (χ0v) is 9.94. The summed E-state index contributed by atoms with van der Waals surface area (Å²) < 4.78 is 0. The first-order valence-electron chi connectivity index (χ1n) is 5.27. The molecule has 0 spiro atoms. The van der Waals surface area contributed by atoms with Crippen LogP contribution in [0.25, 0.3) is 0 Å². The maximum absolute atomic E-state index is 10.5. The number of allylic oxidation sites excluding steroid dienone is 4. The summed E-state index contributed by atoms with van der Waals surface area (Å²) in [7, 11) is 2.01. The molecule has 0 saturated heterocycles. The van der Waals surface area contributed by atoms with Crippen LogP contribution in [0.4, 0.5) is 0 Å². The van der Waals surface area contributed by atoms with Crippen molar-refractivity contribution in [2.75, 3.05) is 13.6 Å². The monoisotopic (exact) mass is 207 g/mol. The van der Waals surface area contributed by atoms with Crippen LogP contribution in [0.2, 0.25) is 0 Å². The van der Waals surface area contributed by atoms with E-state index < -0.39 is 0 Å². The van der Waals surface area contributed by atoms with E-state index >= 15 is 0 Å². The van der Waals surface area contributed by atoms with E-state index in [-0.39, 0.29) is 5.92 Å². The molecule has 0 rings (SSSR count). The van der Waals surface area contributed by atoms with E-state index in [4.69, 9.17) is 0 Å². The highest BCUT2D eigenvalue weighted by Gasteiger charge is 2.03. The Morgan fingerprint density at radius 3 is 2.67 bits per heavy atom. The fourth-order valence-corrected chi connectivity index (χ4v) is 1.14. The molecule has 0 heterocycles. The maximum Gasteiger partial charge on any atom is 0.122 e. The summed E-state index contributed by atoms with van der Waals surface area (Å²) in [6.45, 7) is 8.55. The Labute approximate surface area is 93.0 Å². The molecule has 0 N–H and O–H groups in total. The minimum atomic E-state index is 0.125. The lowest BCUT2D eigenvalue weighted by Crippen LogP contribution is -2.20. The zero-order chi connectivity index (χ0) is 11.7. The van der Waals surface area contributed by atoms with Crippen molar-refractivity contribution in [3.05, 3.63) is 36.6 Å². The fourth-order valence-electron chi connectivity index (χ4n) is 1.14. The number of rotatable bonds is 7. The molecular weight excluding hydrogens is 186 g/mol. The van der Waals surface area contributed by atoms with Gasteiger partial charge < -0.3 is 9.69 Å². The van der Waals surface area contributed by atoms with Crippen molar-refractivity contribution in [2.24, 2.45) is 5.92 Å². The van der Waals surface area contributed by atoms with Crippen LogP contribution in [0.3, 0.4) is 0 Å². The number of carbonyl (C=O) groups is 1. The lowest BCUT2D eigenvalue weighted by molar-refractivity contribution is -0.110. The number of nitrogens with zero attached hydrogens (tertiary/aromatic N) is 1. The van der Waals surface area contributed by atoms with Crippen molar-refractivity contribution >= 4 is 6.29 Å². The van der Waals surface area contributed by atoms with Crippen LogP contribution in [-0.2, 0) is 4.79 Å². The Morgan fingerprint density at radius 2 is 2.20 bits per heavy atom. The second kappa shape index (κ2) is 8.04. The Bertz CT molecular complexity index is 253. The molecular formula is C13H21NO. The van der Waals surface area contributed by atoms with E-state index in [9.17, 15) is 4.79 Å². The molecule has 0 aliphatic rings. The SMILES string of the molecule is C=C/C(=C\C=C/C)N(C)CCC(C)C=O. The lowest BCUT2D eigenvalue weighted by Gasteiger charge is -2.20. The summed E-state index contributed by atoms with van der Waals surface area (Å²) in [5.74, 6) is 0.125. The third-order valence-corrected chi connectivity index (χ3v) is 2.26. The first-order valence-corrected chi connectivity index (χ1v) is 5.27. The van der Waals surface area contributed by atoms with Crippen LogP contribution in [0.15, 0.2) is 36.6 Å². The Kier molecular flexibility index (Phi) is 7.33. The van der Waals surface area contributed by atoms with Gasteiger partial charge in [0, 0.05) is 25.2 Å². The highest BCUT2D eigenvalue weighted by molar-refractivity contribution is 5.52. The van der Waals surface area contributed by atoms with Gasteiger partial charge in [0.05, 0.1) is 0 Å². The molecule has 1 unspecified atom stereocenters. The largest absolute Gasteiger partial charge is 0.375 e. The molecule has 15 heavy (non-hydrogen) atoms. The van der Waals surface area contributed by atoms with Crippen molar-refractivity contribution in [2.45, 2.75) is 20.3 Å². The van der Waals surface area contributed by atoms with E-state index in [1.807, 2.05) is 45.2 Å². The summed E-state index contributed by atoms with van der Waals surface area (Å²) >= 11 is 0. The summed E-state index contributed by atoms with van der Waals surface area (Å²) in [6, 6.07) is 0. The molecule has 0 saturated carbocycles. The second-order valence-corrected chi connectivity index (χ2v) is 3.65. The molecule has 2 nitrogen and oxygen atoms in total. The molecule has 0 aromatic heterocycles. The fraction of sp³-hybridized carbons (Fsp3) is 0.462. The minimum Gasteiger partial charge on any atom is -0.375 e. The molecule has 0 bridgehead atoms. The smallest absolute Gasteiger partial charge is 0.122 e. The standard InChI is InChI=1S/C13H21NO/c1-5-7-8-13(6-2)14(4)10-9-12(3)11-15/h5-8,11-12H,2,9-10H2,1,3-4H3/b7-5-,13-8+. The third-order valence-electron chi connectivity index (χ3n) is 2.26. The highest BCUT2D eigenvalue weighted by Crippen LogP contribution is 2.07. The van der Waals surface area contributed by atoms with Gasteiger partial charge in [0.25, 0.3) is 0 Å². The van der Waals surface area contributed by atoms with E-state index in [0.29, 0.717) is 0 Å². The molecule has 0 amide bonds. The first-order chi connectivity index (χ1) is 7.15. The maximum atomic E-state index is 10.5. The van der Waals surface area contributed by atoms with E-state index in [1.54, 1.807) is 0 Å². The average Bonchev–Trinajstić information content (AvgIpc) is 2.26. The summed E-state index contributed by atoms with van der Waals surface area (Å²) in [5, 5.41) is 0. The Balaban J connectivity index is 4.21. The second-order valence-electron chi connectivity index (χ2n) is 3.65. The van der Waals surface area contributed by atoms with Gasteiger partial charge in [-0.05, 0) is 25.5 Å². The van der Waals surface area contributed by atoms with E-state index in [2.05, 4.69) is 11.5 Å². The van der Waals surface area contributed by atoms with Gasteiger partial charge in [-0.25, -0.2) is 0 Å². The van der Waals surface area contributed by atoms with Gasteiger partial charge in [0.1, 0.15) is 6.29 Å². The number of likely N-dealkylation sites (N-methyl/N-ethyl adjacent to an activating group) is 1. The molecule has 0 aromatic rings. The van der Waals surface area contributed by atoms with Crippen LogP contribution >= 0.6 is 0 Å². The predicted molar refractivity (Wildman–Crippen MR) is 65.6 cm³/mol. The van der Waals surface area contributed by atoms with Crippen LogP contribution in [0, 0.1) is 5.92 Å². The molecule has 2 heteroatoms. The average molecular weight is 207 g/mol. The van der Waals surface area contributed by atoms with Gasteiger partial charge in [0.2, 0.25) is 0 Å². The highest BCUT2D eigenvalue weighted by atomic mass is 16.1. The van der Waals surface area contributed by atoms with Gasteiger partial charge in [-0.3, -0.25) is 0 Å². The zero-order valence-electron chi connectivity index (χ0n) is 9.94. The number of hydrogen-bond donors (Lipinski definition) is 0. The minimum absolute atomic E-state index is 0.125. The van der Waals surface area contributed by atoms with Crippen molar-refractivity contribution in [3.63, 3.8) is 0 Å². The summed E-state index contributed by atoms with van der Waals surface area (Å²) in [6.07, 6.45) is 9.67. The third kappa shape index (κ3) is 5.89. The topological polar surface area (TPSA) is 20.3 Å². The van der Waals surface area contributed by atoms with E-state index in [0.717, 1.165) is 24.9 Å². The molecule has 0 radical (unpaired) electrons. The Hall–Kier alpha value is -1.31. The molecule has 1 atom stereocenters. The van der Waals surface area contributed by atoms with Crippen LogP contribution < -0.4 is 0 Å². The molecule has 84 valence electrons. The lowest BCUT2D eigenvalue weighted by atomic mass is 10.1. The predicted octanol–water partition coefficient (Wildman–Crippen LogP) is 2.79. The quantitative estimate of drug-likeness (QED) is 0.472. The Morgan fingerprint density at radius 1 is 1.53 bits per heavy atom. The number of aldehydes is 1. The van der Waals surface area contributed by atoms with Gasteiger partial charge in [-0.2, -0.15) is 0 Å². The summed E-state index contributed by atoms with van der Waals surface area (Å²) in [5.41, 5.74) is 1.08.